The summed E-state index contributed by atoms with van der Waals surface area (Å²) in [5.41, 5.74) is 5.45. The highest BCUT2D eigenvalue weighted by atomic mass is 32.2. The number of thioether (sulfide) groups is 1. The van der Waals surface area contributed by atoms with Crippen molar-refractivity contribution < 1.29 is 27.6 Å². The highest BCUT2D eigenvalue weighted by Crippen LogP contribution is 2.24. The molecule has 0 spiro atoms. The van der Waals surface area contributed by atoms with Gasteiger partial charge in [-0.3, -0.25) is 30.2 Å². The molecule has 2 aromatic carbocycles. The summed E-state index contributed by atoms with van der Waals surface area (Å²) in [4.78, 5) is 45.1. The Hall–Kier alpha value is -3.29. The molecule has 13 heteroatoms. The van der Waals surface area contributed by atoms with E-state index in [2.05, 4.69) is 30.6 Å². The van der Waals surface area contributed by atoms with E-state index in [1.54, 1.807) is 22.1 Å². The molecule has 0 aliphatic carbocycles. The van der Waals surface area contributed by atoms with E-state index in [4.69, 9.17) is 0 Å². The van der Waals surface area contributed by atoms with Gasteiger partial charge in [0.25, 0.3) is 5.91 Å². The lowest BCUT2D eigenvalue weighted by Crippen LogP contribution is -2.48. The molecule has 0 saturated carbocycles. The molecule has 0 aromatic heterocycles. The van der Waals surface area contributed by atoms with Gasteiger partial charge in [-0.15, -0.1) is 0 Å². The molecule has 4 amide bonds. The van der Waals surface area contributed by atoms with E-state index in [-0.39, 0.29) is 29.1 Å². The van der Waals surface area contributed by atoms with Gasteiger partial charge in [0.1, 0.15) is 5.82 Å². The van der Waals surface area contributed by atoms with Crippen LogP contribution in [0.5, 0.6) is 0 Å². The first-order valence-electron chi connectivity index (χ1n) is 14.7. The third-order valence-corrected chi connectivity index (χ3v) is 8.41. The molecule has 240 valence electrons. The van der Waals surface area contributed by atoms with Crippen LogP contribution in [0.1, 0.15) is 42.3 Å². The van der Waals surface area contributed by atoms with Gasteiger partial charge in [0.15, 0.2) is 0 Å². The third-order valence-electron chi connectivity index (χ3n) is 7.47. The number of nitrogens with one attached hydrogen (secondary N) is 2. The van der Waals surface area contributed by atoms with Crippen LogP contribution in [0.15, 0.2) is 42.5 Å². The number of benzene rings is 2. The summed E-state index contributed by atoms with van der Waals surface area (Å²) in [6.07, 6.45) is -3.31. The maximum Gasteiger partial charge on any atom is 0.324 e. The van der Waals surface area contributed by atoms with Crippen LogP contribution < -0.4 is 15.8 Å². The van der Waals surface area contributed by atoms with Crippen molar-refractivity contribution in [2.45, 2.75) is 40.3 Å². The van der Waals surface area contributed by atoms with Crippen LogP contribution >= 0.6 is 11.8 Å². The molecule has 2 aliphatic rings. The highest BCUT2D eigenvalue weighted by molar-refractivity contribution is 7.99. The van der Waals surface area contributed by atoms with Gasteiger partial charge in [-0.05, 0) is 35.2 Å². The molecule has 2 saturated heterocycles. The van der Waals surface area contributed by atoms with Gasteiger partial charge in [-0.25, -0.2) is 9.18 Å². The predicted octanol–water partition coefficient (Wildman–Crippen LogP) is 4.19. The summed E-state index contributed by atoms with van der Waals surface area (Å²) in [6, 6.07) is 11.2. The van der Waals surface area contributed by atoms with Crippen molar-refractivity contribution in [1.29, 1.82) is 0 Å². The Kier molecular flexibility index (Phi) is 11.6. The van der Waals surface area contributed by atoms with E-state index in [0.717, 1.165) is 62.4 Å². The van der Waals surface area contributed by atoms with Crippen LogP contribution in [0.4, 0.5) is 23.7 Å². The number of hydrazine groups is 1. The highest BCUT2D eigenvalue weighted by Gasteiger charge is 2.26. The molecule has 2 heterocycles. The second kappa shape index (κ2) is 15.1. The summed E-state index contributed by atoms with van der Waals surface area (Å²) >= 11 is 1.78. The number of nitrogens with zero attached hydrogens (tertiary/aromatic N) is 4. The largest absolute Gasteiger partial charge is 0.324 e. The number of hydrogen-bond acceptors (Lipinski definition) is 6. The quantitative estimate of drug-likeness (QED) is 0.424. The van der Waals surface area contributed by atoms with Crippen molar-refractivity contribution in [2.24, 2.45) is 5.41 Å². The maximum atomic E-state index is 15.2. The molecule has 4 rings (SSSR count). The van der Waals surface area contributed by atoms with Crippen molar-refractivity contribution in [3.63, 3.8) is 0 Å². The molecule has 2 N–H and O–H groups in total. The first-order chi connectivity index (χ1) is 20.9. The average Bonchev–Trinajstić information content (AvgIpc) is 3.00. The fraction of sp³-hybridized carbons (Fsp3) is 0.516. The lowest BCUT2D eigenvalue weighted by Gasteiger charge is -2.38. The van der Waals surface area contributed by atoms with E-state index in [1.165, 1.54) is 17.0 Å². The Labute approximate surface area is 261 Å². The monoisotopic (exact) mass is 634 g/mol. The first kappa shape index (κ1) is 33.6. The van der Waals surface area contributed by atoms with Crippen LogP contribution in [-0.4, -0.2) is 96.3 Å². The fourth-order valence-electron chi connectivity index (χ4n) is 5.24. The Morgan fingerprint density at radius 3 is 2.14 bits per heavy atom. The van der Waals surface area contributed by atoms with Crippen LogP contribution in [0, 0.1) is 11.2 Å². The van der Waals surface area contributed by atoms with Crippen LogP contribution in [-0.2, 0) is 17.9 Å². The van der Waals surface area contributed by atoms with E-state index < -0.39 is 24.1 Å². The van der Waals surface area contributed by atoms with Gasteiger partial charge < -0.3 is 9.80 Å². The summed E-state index contributed by atoms with van der Waals surface area (Å²) < 4.78 is 40.0. The molecule has 2 fully saturated rings. The Morgan fingerprint density at radius 1 is 0.909 bits per heavy atom. The lowest BCUT2D eigenvalue weighted by molar-refractivity contribution is -0.132. The van der Waals surface area contributed by atoms with E-state index >= 15 is 4.39 Å². The minimum Gasteiger partial charge on any atom is -0.323 e. The molecule has 0 radical (unpaired) electrons. The predicted molar refractivity (Wildman–Crippen MR) is 166 cm³/mol. The molecular weight excluding hydrogens is 593 g/mol. The van der Waals surface area contributed by atoms with Gasteiger partial charge in [-0.2, -0.15) is 20.5 Å². The Bertz CT molecular complexity index is 1290. The van der Waals surface area contributed by atoms with Crippen molar-refractivity contribution in [3.05, 3.63) is 65.0 Å². The normalized spacial score (nSPS) is 16.6. The number of rotatable bonds is 8. The van der Waals surface area contributed by atoms with Crippen molar-refractivity contribution >= 4 is 35.3 Å². The fourth-order valence-corrected chi connectivity index (χ4v) is 6.15. The number of alkyl halides is 2. The summed E-state index contributed by atoms with van der Waals surface area (Å²) in [5.74, 6) is -1.73. The molecule has 0 bridgehead atoms. The first-order valence-corrected chi connectivity index (χ1v) is 15.9. The van der Waals surface area contributed by atoms with Crippen molar-refractivity contribution in [1.82, 2.24) is 25.6 Å². The lowest BCUT2D eigenvalue weighted by atomic mass is 9.96. The van der Waals surface area contributed by atoms with Gasteiger partial charge in [0.05, 0.1) is 6.54 Å². The second-order valence-electron chi connectivity index (χ2n) is 12.3. The van der Waals surface area contributed by atoms with Gasteiger partial charge in [-0.1, -0.05) is 39.0 Å². The number of amides is 4. The molecule has 2 aliphatic heterocycles. The minimum absolute atomic E-state index is 0.0760. The van der Waals surface area contributed by atoms with Crippen molar-refractivity contribution in [2.75, 3.05) is 62.2 Å². The van der Waals surface area contributed by atoms with Crippen LogP contribution in [0.2, 0.25) is 0 Å². The summed E-state index contributed by atoms with van der Waals surface area (Å²) in [6.45, 7) is 13.8. The summed E-state index contributed by atoms with van der Waals surface area (Å²) in [7, 11) is 0. The number of halogens is 3. The number of piperazine rings is 1. The molecule has 0 atom stereocenters. The number of anilines is 1. The van der Waals surface area contributed by atoms with E-state index in [1.807, 2.05) is 29.7 Å². The van der Waals surface area contributed by atoms with Crippen LogP contribution in [0.3, 0.4) is 0 Å². The molecule has 9 nitrogen and oxygen atoms in total. The van der Waals surface area contributed by atoms with Crippen molar-refractivity contribution in [3.8, 4) is 0 Å². The van der Waals surface area contributed by atoms with Crippen LogP contribution in [0.25, 0.3) is 0 Å². The zero-order valence-electron chi connectivity index (χ0n) is 25.5. The second-order valence-corrected chi connectivity index (χ2v) is 13.5. The number of hydrogen-bond donors (Lipinski definition) is 2. The maximum absolute atomic E-state index is 15.2. The number of carbonyl (C=O) groups is 3. The van der Waals surface area contributed by atoms with Gasteiger partial charge in [0, 0.05) is 80.7 Å². The topological polar surface area (TPSA) is 88.2 Å². The van der Waals surface area contributed by atoms with E-state index in [0.29, 0.717) is 18.8 Å². The summed E-state index contributed by atoms with van der Waals surface area (Å²) in [5, 5.41) is 0. The molecular formula is C31H41F3N6O3S. The standard InChI is InChI=1S/C31H41F3N6O3S/c1-31(2,3)21-38-12-10-37(11-13-38)19-22-4-8-25(9-5-22)40(30(43)39-14-16-44-17-15-39)20-24-7-6-23(18-26(24)32)28(41)35-36-29(42)27(33)34/h4-9,18,27H,10-17,19-21H2,1-3H3,(H,35,41)(H,36,42). The zero-order chi connectivity index (χ0) is 31.9. The minimum atomic E-state index is -3.31. The SMILES string of the molecule is CC(C)(C)CN1CCN(Cc2ccc(N(Cc3ccc(C(=O)NNC(=O)C(F)F)cc3F)C(=O)N3CCSCC3)cc2)CC1. The molecule has 0 unspecified atom stereocenters. The van der Waals surface area contributed by atoms with Gasteiger partial charge >= 0.3 is 18.4 Å². The smallest absolute Gasteiger partial charge is 0.323 e. The van der Waals surface area contributed by atoms with E-state index in [9.17, 15) is 23.2 Å². The van der Waals surface area contributed by atoms with Gasteiger partial charge in [0.2, 0.25) is 0 Å². The number of carbonyl (C=O) groups excluding carboxylic acids is 3. The zero-order valence-corrected chi connectivity index (χ0v) is 26.3. The molecule has 44 heavy (non-hydrogen) atoms. The number of urea groups is 1. The third kappa shape index (κ3) is 9.60. The Morgan fingerprint density at radius 2 is 1.55 bits per heavy atom. The Balaban J connectivity index is 1.45. The molecule has 2 aromatic rings. The average molecular weight is 635 g/mol.